The largest absolute Gasteiger partial charge is 0.481 e. The van der Waals surface area contributed by atoms with Crippen molar-refractivity contribution in [3.63, 3.8) is 0 Å². The van der Waals surface area contributed by atoms with Crippen molar-refractivity contribution < 1.29 is 19.9 Å². The zero-order valence-electron chi connectivity index (χ0n) is 6.88. The summed E-state index contributed by atoms with van der Waals surface area (Å²) in [5.74, 6) is -1.59. The first-order valence-corrected chi connectivity index (χ1v) is 3.60. The third kappa shape index (κ3) is 2.26. The third-order valence-electron chi connectivity index (χ3n) is 1.49. The minimum atomic E-state index is -1.34. The molecule has 1 aromatic rings. The molecule has 0 unspecified atom stereocenters. The molecule has 14 heavy (non-hydrogen) atoms. The number of H-pyrrole nitrogens is 1. The number of aromatic amines is 1. The van der Waals surface area contributed by atoms with Gasteiger partial charge in [-0.05, 0) is 4.92 Å². The van der Waals surface area contributed by atoms with Crippen LogP contribution in [0.5, 0.6) is 0 Å². The molecule has 0 aliphatic rings. The van der Waals surface area contributed by atoms with Gasteiger partial charge in [-0.15, -0.1) is 5.10 Å². The van der Waals surface area contributed by atoms with Gasteiger partial charge in [0.25, 0.3) is 0 Å². The lowest BCUT2D eigenvalue weighted by atomic mass is 10.2. The number of carboxylic acids is 1. The van der Waals surface area contributed by atoms with Crippen LogP contribution in [0.3, 0.4) is 0 Å². The Morgan fingerprint density at radius 2 is 2.43 bits per heavy atom. The minimum Gasteiger partial charge on any atom is -0.481 e. The van der Waals surface area contributed by atoms with Crippen molar-refractivity contribution in [2.75, 3.05) is 0 Å². The van der Waals surface area contributed by atoms with Crippen molar-refractivity contribution in [2.24, 2.45) is 0 Å². The maximum atomic E-state index is 10.2. The predicted octanol–water partition coefficient (Wildman–Crippen LogP) is -0.174. The standard InChI is InChI=1S/C6H7N3O5/c10-4(2-6(11)12)3-1-5(8-7-3)9(13)14/h1,4,10H,2H2,(H,7,8)(H,11,12)/t4-/m0/s1. The molecule has 8 nitrogen and oxygen atoms in total. The second-order valence-electron chi connectivity index (χ2n) is 2.55. The number of aromatic nitrogens is 2. The van der Waals surface area contributed by atoms with Crippen LogP contribution in [-0.2, 0) is 4.79 Å². The average Bonchev–Trinajstić information content (AvgIpc) is 2.50. The van der Waals surface area contributed by atoms with Crippen molar-refractivity contribution in [3.05, 3.63) is 21.9 Å². The fourth-order valence-corrected chi connectivity index (χ4v) is 0.861. The Hall–Kier alpha value is -1.96. The summed E-state index contributed by atoms with van der Waals surface area (Å²) in [6.45, 7) is 0. The highest BCUT2D eigenvalue weighted by Gasteiger charge is 2.19. The van der Waals surface area contributed by atoms with E-state index in [0.29, 0.717) is 0 Å². The molecule has 0 spiro atoms. The van der Waals surface area contributed by atoms with Crippen molar-refractivity contribution in [1.29, 1.82) is 0 Å². The quantitative estimate of drug-likeness (QED) is 0.457. The fraction of sp³-hybridized carbons (Fsp3) is 0.333. The maximum Gasteiger partial charge on any atom is 0.342 e. The average molecular weight is 201 g/mol. The van der Waals surface area contributed by atoms with Gasteiger partial charge in [-0.1, -0.05) is 5.10 Å². The number of nitro groups is 1. The molecule has 0 amide bonds. The molecular formula is C6H7N3O5. The Balaban J connectivity index is 2.76. The summed E-state index contributed by atoms with van der Waals surface area (Å²) in [5.41, 5.74) is -0.0564. The molecule has 1 heterocycles. The smallest absolute Gasteiger partial charge is 0.342 e. The van der Waals surface area contributed by atoms with Gasteiger partial charge in [-0.3, -0.25) is 4.79 Å². The Labute approximate surface area is 77.3 Å². The van der Waals surface area contributed by atoms with Gasteiger partial charge in [0.1, 0.15) is 11.8 Å². The third-order valence-corrected chi connectivity index (χ3v) is 1.49. The van der Waals surface area contributed by atoms with E-state index in [1.165, 1.54) is 0 Å². The zero-order valence-corrected chi connectivity index (χ0v) is 6.88. The van der Waals surface area contributed by atoms with E-state index in [0.717, 1.165) is 6.07 Å². The lowest BCUT2D eigenvalue weighted by molar-refractivity contribution is -0.389. The molecule has 76 valence electrons. The van der Waals surface area contributed by atoms with E-state index in [-0.39, 0.29) is 11.5 Å². The van der Waals surface area contributed by atoms with E-state index in [1.54, 1.807) is 0 Å². The Morgan fingerprint density at radius 1 is 1.79 bits per heavy atom. The molecular weight excluding hydrogens is 194 g/mol. The van der Waals surface area contributed by atoms with Crippen molar-refractivity contribution in [2.45, 2.75) is 12.5 Å². The van der Waals surface area contributed by atoms with E-state index >= 15 is 0 Å². The van der Waals surface area contributed by atoms with Crippen LogP contribution < -0.4 is 0 Å². The topological polar surface area (TPSA) is 129 Å². The van der Waals surface area contributed by atoms with E-state index in [9.17, 15) is 20.0 Å². The van der Waals surface area contributed by atoms with E-state index in [2.05, 4.69) is 10.2 Å². The van der Waals surface area contributed by atoms with Crippen LogP contribution in [0.4, 0.5) is 5.82 Å². The number of carboxylic acid groups (broad SMARTS) is 1. The second-order valence-corrected chi connectivity index (χ2v) is 2.55. The normalized spacial score (nSPS) is 12.4. The summed E-state index contributed by atoms with van der Waals surface area (Å²) in [5, 5.41) is 33.2. The number of aliphatic carboxylic acids is 1. The predicted molar refractivity (Wildman–Crippen MR) is 42.5 cm³/mol. The van der Waals surface area contributed by atoms with E-state index in [1.807, 2.05) is 0 Å². The second kappa shape index (κ2) is 3.83. The molecule has 0 fully saturated rings. The van der Waals surface area contributed by atoms with Crippen LogP contribution in [0, 0.1) is 10.1 Å². The number of aliphatic hydroxyl groups excluding tert-OH is 1. The SMILES string of the molecule is O=C(O)C[C@H](O)c1cc([N+](=O)[O-])[nH]n1. The molecule has 1 rings (SSSR count). The van der Waals surface area contributed by atoms with Crippen LogP contribution in [-0.4, -0.2) is 31.3 Å². The highest BCUT2D eigenvalue weighted by atomic mass is 16.6. The number of nitrogens with zero attached hydrogens (tertiary/aromatic N) is 2. The Morgan fingerprint density at radius 3 is 2.86 bits per heavy atom. The molecule has 0 aliphatic heterocycles. The number of hydrogen-bond acceptors (Lipinski definition) is 5. The van der Waals surface area contributed by atoms with Gasteiger partial charge in [0, 0.05) is 0 Å². The molecule has 8 heteroatoms. The number of hydrogen-bond donors (Lipinski definition) is 3. The van der Waals surface area contributed by atoms with Gasteiger partial charge >= 0.3 is 11.8 Å². The van der Waals surface area contributed by atoms with E-state index < -0.39 is 23.4 Å². The first kappa shape index (κ1) is 10.1. The van der Waals surface area contributed by atoms with Crippen LogP contribution in [0.25, 0.3) is 0 Å². The van der Waals surface area contributed by atoms with Crippen molar-refractivity contribution in [3.8, 4) is 0 Å². The molecule has 0 radical (unpaired) electrons. The van der Waals surface area contributed by atoms with Gasteiger partial charge in [-0.2, -0.15) is 0 Å². The molecule has 0 aliphatic carbocycles. The van der Waals surface area contributed by atoms with Gasteiger partial charge in [0.15, 0.2) is 0 Å². The lowest BCUT2D eigenvalue weighted by Crippen LogP contribution is -2.05. The zero-order chi connectivity index (χ0) is 10.7. The van der Waals surface area contributed by atoms with Gasteiger partial charge in [0.05, 0.1) is 12.5 Å². The molecule has 1 aromatic heterocycles. The maximum absolute atomic E-state index is 10.2. The highest BCUT2D eigenvalue weighted by Crippen LogP contribution is 2.17. The summed E-state index contributed by atoms with van der Waals surface area (Å²) in [7, 11) is 0. The van der Waals surface area contributed by atoms with E-state index in [4.69, 9.17) is 5.11 Å². The first-order chi connectivity index (χ1) is 6.50. The van der Waals surface area contributed by atoms with Crippen LogP contribution >= 0.6 is 0 Å². The van der Waals surface area contributed by atoms with Crippen molar-refractivity contribution >= 4 is 11.8 Å². The highest BCUT2D eigenvalue weighted by molar-refractivity contribution is 5.67. The number of aliphatic hydroxyl groups is 1. The summed E-state index contributed by atoms with van der Waals surface area (Å²) in [4.78, 5) is 19.7. The first-order valence-electron chi connectivity index (χ1n) is 3.60. The van der Waals surface area contributed by atoms with Crippen molar-refractivity contribution in [1.82, 2.24) is 10.2 Å². The monoisotopic (exact) mass is 201 g/mol. The number of carbonyl (C=O) groups is 1. The summed E-state index contributed by atoms with van der Waals surface area (Å²) >= 11 is 0. The molecule has 1 atom stereocenters. The Bertz CT molecular complexity index is 360. The summed E-state index contributed by atoms with van der Waals surface area (Å²) in [6, 6.07) is 0.994. The van der Waals surface area contributed by atoms with Gasteiger partial charge < -0.3 is 20.3 Å². The fourth-order valence-electron chi connectivity index (χ4n) is 0.861. The molecule has 0 saturated heterocycles. The number of nitrogens with one attached hydrogen (secondary N) is 1. The van der Waals surface area contributed by atoms with Gasteiger partial charge in [0.2, 0.25) is 0 Å². The summed E-state index contributed by atoms with van der Waals surface area (Å²) < 4.78 is 0. The van der Waals surface area contributed by atoms with Gasteiger partial charge in [-0.25, -0.2) is 0 Å². The molecule has 0 bridgehead atoms. The molecule has 0 aromatic carbocycles. The molecule has 0 saturated carbocycles. The van der Waals surface area contributed by atoms with Crippen LogP contribution in [0.2, 0.25) is 0 Å². The minimum absolute atomic E-state index is 0.0564. The van der Waals surface area contributed by atoms with Crippen LogP contribution in [0.15, 0.2) is 6.07 Å². The number of rotatable bonds is 4. The summed E-state index contributed by atoms with van der Waals surface area (Å²) in [6.07, 6.45) is -1.88. The van der Waals surface area contributed by atoms with Crippen LogP contribution in [0.1, 0.15) is 18.2 Å². The Kier molecular flexibility index (Phi) is 2.77. The molecule has 3 N–H and O–H groups in total. The lowest BCUT2D eigenvalue weighted by Gasteiger charge is -2.00.